The first-order valence-corrected chi connectivity index (χ1v) is 10.2. The van der Waals surface area contributed by atoms with Crippen LogP contribution < -0.4 is 20.4 Å². The van der Waals surface area contributed by atoms with Gasteiger partial charge in [-0.15, -0.1) is 0 Å². The number of nitrogens with zero attached hydrogens (tertiary/aromatic N) is 1. The van der Waals surface area contributed by atoms with Crippen LogP contribution in [0.3, 0.4) is 0 Å². The number of aryl methyl sites for hydroxylation is 1. The van der Waals surface area contributed by atoms with E-state index in [4.69, 9.17) is 10.5 Å². The van der Waals surface area contributed by atoms with E-state index in [0.29, 0.717) is 37.1 Å². The van der Waals surface area contributed by atoms with Crippen molar-refractivity contribution in [1.82, 2.24) is 0 Å². The molecule has 1 amide bonds. The van der Waals surface area contributed by atoms with Gasteiger partial charge in [0.15, 0.2) is 6.20 Å². The minimum Gasteiger partial charge on any atom is -0.497 e. The van der Waals surface area contributed by atoms with E-state index in [2.05, 4.69) is 9.88 Å². The van der Waals surface area contributed by atoms with E-state index in [1.807, 2.05) is 49.4 Å². The fourth-order valence-electron chi connectivity index (χ4n) is 4.10. The molecule has 30 heavy (non-hydrogen) atoms. The molecule has 1 aromatic heterocycles. The molecule has 0 saturated carbocycles. The fraction of sp³-hybridized carbons (Fsp3) is 0.292. The molecule has 6 nitrogen and oxygen atoms in total. The standard InChI is InChI=1S/C24H25N3O3/c1-15-3-5-16(6-4-15)23(28)20-14-26-21-8-7-18(30-2)13-19(21)22(20)27-11-9-17(10-12-27)24(25)29/h3-8,13-14,17H,9-12H2,1-2H3,(H2,25,29)/p+1. The summed E-state index contributed by atoms with van der Waals surface area (Å²) in [6.45, 7) is 3.33. The number of ketones is 1. The van der Waals surface area contributed by atoms with E-state index in [-0.39, 0.29) is 17.6 Å². The molecule has 2 aromatic carbocycles. The molecular weight excluding hydrogens is 378 g/mol. The molecular formula is C24H26N3O3+. The van der Waals surface area contributed by atoms with Crippen LogP contribution in [0.4, 0.5) is 5.69 Å². The SMILES string of the molecule is COc1ccc2[nH+]cc(C(=O)c3ccc(C)cc3)c(N3CCC(C(N)=O)CC3)c2c1. The second-order valence-electron chi connectivity index (χ2n) is 7.82. The lowest BCUT2D eigenvalue weighted by molar-refractivity contribution is -0.344. The van der Waals surface area contributed by atoms with Crippen molar-refractivity contribution in [2.24, 2.45) is 11.7 Å². The second-order valence-corrected chi connectivity index (χ2v) is 7.82. The lowest BCUT2D eigenvalue weighted by Crippen LogP contribution is -2.39. The number of rotatable bonds is 5. The average molecular weight is 404 g/mol. The zero-order valence-electron chi connectivity index (χ0n) is 17.3. The Bertz CT molecular complexity index is 1100. The number of nitrogens with two attached hydrogens (primary N) is 1. The third-order valence-electron chi connectivity index (χ3n) is 5.88. The van der Waals surface area contributed by atoms with Gasteiger partial charge in [-0.25, -0.2) is 4.98 Å². The summed E-state index contributed by atoms with van der Waals surface area (Å²) in [6.07, 6.45) is 3.14. The Balaban J connectivity index is 1.83. The number of hydrogen-bond donors (Lipinski definition) is 1. The van der Waals surface area contributed by atoms with Gasteiger partial charge in [-0.1, -0.05) is 29.8 Å². The number of amides is 1. The van der Waals surface area contributed by atoms with Crippen molar-refractivity contribution in [2.45, 2.75) is 19.8 Å². The third kappa shape index (κ3) is 3.73. The minimum atomic E-state index is -0.251. The number of benzene rings is 2. The number of carbonyl (C=O) groups is 2. The van der Waals surface area contributed by atoms with Crippen LogP contribution in [0, 0.1) is 12.8 Å². The Morgan fingerprint density at radius 3 is 2.43 bits per heavy atom. The molecule has 1 fully saturated rings. The largest absolute Gasteiger partial charge is 0.497 e. The van der Waals surface area contributed by atoms with Crippen LogP contribution in [-0.4, -0.2) is 31.9 Å². The summed E-state index contributed by atoms with van der Waals surface area (Å²) in [5, 5.41) is 0.921. The molecule has 1 aliphatic heterocycles. The van der Waals surface area contributed by atoms with Gasteiger partial charge in [0, 0.05) is 30.6 Å². The maximum absolute atomic E-state index is 13.4. The first-order valence-electron chi connectivity index (χ1n) is 10.2. The van der Waals surface area contributed by atoms with Crippen LogP contribution in [0.5, 0.6) is 5.75 Å². The summed E-state index contributed by atoms with van der Waals surface area (Å²) in [4.78, 5) is 30.5. The normalized spacial score (nSPS) is 14.7. The molecule has 4 rings (SSSR count). The van der Waals surface area contributed by atoms with E-state index >= 15 is 0 Å². The number of anilines is 1. The van der Waals surface area contributed by atoms with Gasteiger partial charge in [0.25, 0.3) is 0 Å². The maximum atomic E-state index is 13.4. The number of primary amides is 1. The van der Waals surface area contributed by atoms with E-state index < -0.39 is 0 Å². The number of H-pyrrole nitrogens is 1. The first kappa shape index (κ1) is 19.9. The van der Waals surface area contributed by atoms with Crippen LogP contribution in [0.1, 0.15) is 34.3 Å². The van der Waals surface area contributed by atoms with Gasteiger partial charge in [0.1, 0.15) is 11.3 Å². The highest BCUT2D eigenvalue weighted by atomic mass is 16.5. The zero-order chi connectivity index (χ0) is 21.3. The summed E-state index contributed by atoms with van der Waals surface area (Å²) in [6, 6.07) is 13.4. The Hall–Kier alpha value is -3.41. The van der Waals surface area contributed by atoms with Gasteiger partial charge in [0.2, 0.25) is 17.2 Å². The fourth-order valence-corrected chi connectivity index (χ4v) is 4.10. The van der Waals surface area contributed by atoms with E-state index in [1.54, 1.807) is 13.3 Å². The van der Waals surface area contributed by atoms with Crippen molar-refractivity contribution >= 4 is 28.3 Å². The van der Waals surface area contributed by atoms with Gasteiger partial charge >= 0.3 is 0 Å². The van der Waals surface area contributed by atoms with Crippen LogP contribution in [0.25, 0.3) is 10.9 Å². The topological polar surface area (TPSA) is 86.8 Å². The van der Waals surface area contributed by atoms with Crippen LogP contribution in [0.15, 0.2) is 48.7 Å². The summed E-state index contributed by atoms with van der Waals surface area (Å²) < 4.78 is 5.43. The number of nitrogens with one attached hydrogen (secondary N) is 1. The summed E-state index contributed by atoms with van der Waals surface area (Å²) in [7, 11) is 1.63. The predicted molar refractivity (Wildman–Crippen MR) is 116 cm³/mol. The molecule has 0 aliphatic carbocycles. The van der Waals surface area contributed by atoms with Crippen molar-refractivity contribution in [1.29, 1.82) is 0 Å². The average Bonchev–Trinajstić information content (AvgIpc) is 2.78. The molecule has 154 valence electrons. The van der Waals surface area contributed by atoms with Crippen LogP contribution in [0.2, 0.25) is 0 Å². The second kappa shape index (κ2) is 8.14. The first-order chi connectivity index (χ1) is 14.5. The number of fused-ring (bicyclic) bond motifs is 1. The highest BCUT2D eigenvalue weighted by molar-refractivity contribution is 6.15. The van der Waals surface area contributed by atoms with Gasteiger partial charge < -0.3 is 15.4 Å². The number of pyridine rings is 1. The third-order valence-corrected chi connectivity index (χ3v) is 5.88. The monoisotopic (exact) mass is 404 g/mol. The minimum absolute atomic E-state index is 0.0389. The molecule has 0 unspecified atom stereocenters. The van der Waals surface area contributed by atoms with Gasteiger partial charge in [-0.3, -0.25) is 9.59 Å². The van der Waals surface area contributed by atoms with E-state index in [0.717, 1.165) is 27.9 Å². The molecule has 0 bridgehead atoms. The van der Waals surface area contributed by atoms with E-state index in [9.17, 15) is 9.59 Å². The number of methoxy groups -OCH3 is 1. The number of ether oxygens (including phenoxy) is 1. The molecule has 6 heteroatoms. The van der Waals surface area contributed by atoms with Crippen molar-refractivity contribution in [2.75, 3.05) is 25.1 Å². The number of aromatic amines is 1. The number of aromatic nitrogens is 1. The lowest BCUT2D eigenvalue weighted by Gasteiger charge is -2.33. The number of carbonyl (C=O) groups excluding carboxylic acids is 2. The number of hydrogen-bond acceptors (Lipinski definition) is 4. The highest BCUT2D eigenvalue weighted by Gasteiger charge is 2.29. The Labute approximate surface area is 175 Å². The molecule has 0 atom stereocenters. The van der Waals surface area contributed by atoms with Crippen molar-refractivity contribution in [3.63, 3.8) is 0 Å². The number of piperidine rings is 1. The predicted octanol–water partition coefficient (Wildman–Crippen LogP) is 2.90. The van der Waals surface area contributed by atoms with Gasteiger partial charge in [-0.2, -0.15) is 0 Å². The molecule has 0 radical (unpaired) electrons. The Morgan fingerprint density at radius 2 is 1.80 bits per heavy atom. The molecule has 3 N–H and O–H groups in total. The van der Waals surface area contributed by atoms with Crippen molar-refractivity contribution in [3.05, 3.63) is 65.4 Å². The molecule has 1 saturated heterocycles. The Kier molecular flexibility index (Phi) is 5.40. The Morgan fingerprint density at radius 1 is 1.10 bits per heavy atom. The van der Waals surface area contributed by atoms with Gasteiger partial charge in [0.05, 0.1) is 18.2 Å². The van der Waals surface area contributed by atoms with Gasteiger partial charge in [-0.05, 0) is 31.9 Å². The smallest absolute Gasteiger partial charge is 0.220 e. The summed E-state index contributed by atoms with van der Waals surface area (Å²) >= 11 is 0. The van der Waals surface area contributed by atoms with Crippen LogP contribution in [-0.2, 0) is 4.79 Å². The summed E-state index contributed by atoms with van der Waals surface area (Å²) in [5.74, 6) is 0.319. The van der Waals surface area contributed by atoms with E-state index in [1.165, 1.54) is 0 Å². The molecule has 0 spiro atoms. The quantitative estimate of drug-likeness (QED) is 0.663. The lowest BCUT2D eigenvalue weighted by atomic mass is 9.93. The molecule has 2 heterocycles. The molecule has 3 aromatic rings. The maximum Gasteiger partial charge on any atom is 0.220 e. The highest BCUT2D eigenvalue weighted by Crippen LogP contribution is 2.34. The van der Waals surface area contributed by atoms with Crippen molar-refractivity contribution < 1.29 is 19.3 Å². The zero-order valence-corrected chi connectivity index (χ0v) is 17.3. The van der Waals surface area contributed by atoms with Crippen molar-refractivity contribution in [3.8, 4) is 5.75 Å². The summed E-state index contributed by atoms with van der Waals surface area (Å²) in [5.41, 5.74) is 9.66. The molecule has 1 aliphatic rings. The van der Waals surface area contributed by atoms with Crippen LogP contribution >= 0.6 is 0 Å².